The van der Waals surface area contributed by atoms with E-state index in [0.717, 1.165) is 44.0 Å². The fourth-order valence-corrected chi connectivity index (χ4v) is 4.08. The number of rotatable bonds is 2. The Bertz CT molecular complexity index is 721. The van der Waals surface area contributed by atoms with Gasteiger partial charge in [0.25, 0.3) is 0 Å². The van der Waals surface area contributed by atoms with E-state index in [-0.39, 0.29) is 17.2 Å². The molecule has 0 bridgehead atoms. The number of nitrogens with one attached hydrogen (secondary N) is 1. The normalized spacial score (nSPS) is 22.6. The molecule has 2 aliphatic heterocycles. The molecule has 0 radical (unpaired) electrons. The highest BCUT2D eigenvalue weighted by Crippen LogP contribution is 2.47. The molecule has 0 saturated carbocycles. The number of aryl methyl sites for hydroxylation is 1. The molecule has 4 rings (SSSR count). The maximum absolute atomic E-state index is 12.7. The lowest BCUT2D eigenvalue weighted by molar-refractivity contribution is -0.129. The highest BCUT2D eigenvalue weighted by molar-refractivity contribution is 5.87. The van der Waals surface area contributed by atoms with Crippen molar-refractivity contribution in [2.75, 3.05) is 24.5 Å². The van der Waals surface area contributed by atoms with Gasteiger partial charge in [0.1, 0.15) is 0 Å². The predicted molar refractivity (Wildman–Crippen MR) is 92.8 cm³/mol. The zero-order valence-corrected chi connectivity index (χ0v) is 13.9. The molecule has 2 aliphatic rings. The number of anilines is 1. The third-order valence-corrected chi connectivity index (χ3v) is 5.49. The van der Waals surface area contributed by atoms with Gasteiger partial charge in [0.15, 0.2) is 0 Å². The fourth-order valence-electron chi connectivity index (χ4n) is 4.08. The van der Waals surface area contributed by atoms with Crippen molar-refractivity contribution in [3.63, 3.8) is 0 Å². The molecule has 2 aromatic rings. The zero-order chi connectivity index (χ0) is 16.6. The summed E-state index contributed by atoms with van der Waals surface area (Å²) in [6, 6.07) is 10.4. The summed E-state index contributed by atoms with van der Waals surface area (Å²) in [7, 11) is 0. The number of nitrogens with zero attached hydrogens (tertiary/aromatic N) is 3. The van der Waals surface area contributed by atoms with Crippen LogP contribution in [0, 0.1) is 12.3 Å². The molecule has 24 heavy (non-hydrogen) atoms. The van der Waals surface area contributed by atoms with Crippen LogP contribution in [0.15, 0.2) is 42.7 Å². The average molecular weight is 322 g/mol. The number of carbonyl (C=O) groups excluding carboxylic acids is 1. The number of aromatic nitrogens is 2. The summed E-state index contributed by atoms with van der Waals surface area (Å²) in [5.74, 6) is 1.23. The van der Waals surface area contributed by atoms with E-state index < -0.39 is 0 Å². The summed E-state index contributed by atoms with van der Waals surface area (Å²) < 4.78 is 0. The van der Waals surface area contributed by atoms with E-state index in [2.05, 4.69) is 44.5 Å². The average Bonchev–Trinajstić information content (AvgIpc) is 2.94. The second-order valence-corrected chi connectivity index (χ2v) is 6.88. The molecular weight excluding hydrogens is 300 g/mol. The minimum atomic E-state index is -0.289. The lowest BCUT2D eigenvalue weighted by atomic mass is 9.68. The van der Waals surface area contributed by atoms with Gasteiger partial charge in [-0.1, -0.05) is 30.3 Å². The summed E-state index contributed by atoms with van der Waals surface area (Å²) in [5, 5.41) is 3.10. The van der Waals surface area contributed by atoms with Gasteiger partial charge in [-0.05, 0) is 30.9 Å². The van der Waals surface area contributed by atoms with Gasteiger partial charge in [0.05, 0.1) is 5.41 Å². The molecule has 3 heterocycles. The van der Waals surface area contributed by atoms with Crippen LogP contribution in [0.25, 0.3) is 0 Å². The van der Waals surface area contributed by atoms with E-state index in [1.54, 1.807) is 0 Å². The monoisotopic (exact) mass is 322 g/mol. The molecule has 1 atom stereocenters. The SMILES string of the molecule is Cc1cnc(N2CCC3(CC2)C(=O)NCC3c2ccccc2)nc1. The van der Waals surface area contributed by atoms with Crippen molar-refractivity contribution < 1.29 is 4.79 Å². The van der Waals surface area contributed by atoms with E-state index in [1.165, 1.54) is 5.56 Å². The van der Waals surface area contributed by atoms with E-state index in [9.17, 15) is 4.79 Å². The minimum absolute atomic E-state index is 0.209. The smallest absolute Gasteiger partial charge is 0.227 e. The van der Waals surface area contributed by atoms with Crippen LogP contribution in [-0.2, 0) is 4.79 Å². The van der Waals surface area contributed by atoms with E-state index >= 15 is 0 Å². The van der Waals surface area contributed by atoms with Gasteiger partial charge < -0.3 is 10.2 Å². The third-order valence-electron chi connectivity index (χ3n) is 5.49. The zero-order valence-electron chi connectivity index (χ0n) is 13.9. The Hall–Kier alpha value is -2.43. The first-order valence-corrected chi connectivity index (χ1v) is 8.56. The van der Waals surface area contributed by atoms with Crippen molar-refractivity contribution in [3.05, 3.63) is 53.9 Å². The molecule has 2 saturated heterocycles. The Balaban J connectivity index is 1.55. The van der Waals surface area contributed by atoms with Gasteiger partial charge >= 0.3 is 0 Å². The van der Waals surface area contributed by atoms with Crippen LogP contribution in [0.2, 0.25) is 0 Å². The van der Waals surface area contributed by atoms with Crippen LogP contribution >= 0.6 is 0 Å². The highest BCUT2D eigenvalue weighted by Gasteiger charge is 2.52. The van der Waals surface area contributed by atoms with Crippen molar-refractivity contribution >= 4 is 11.9 Å². The first-order chi connectivity index (χ1) is 11.7. The molecule has 0 aliphatic carbocycles. The molecule has 1 spiro atoms. The second kappa shape index (κ2) is 5.89. The molecule has 1 N–H and O–H groups in total. The third kappa shape index (κ3) is 2.44. The Labute approximate surface area is 142 Å². The standard InChI is InChI=1S/C19H22N4O/c1-14-11-21-18(22-12-14)23-9-7-19(8-10-23)16(13-20-17(19)24)15-5-3-2-4-6-15/h2-6,11-12,16H,7-10,13H2,1H3,(H,20,24). The van der Waals surface area contributed by atoms with Crippen LogP contribution in [0.3, 0.4) is 0 Å². The molecular formula is C19H22N4O. The lowest BCUT2D eigenvalue weighted by Gasteiger charge is -2.41. The van der Waals surface area contributed by atoms with E-state index in [1.807, 2.05) is 25.4 Å². The Morgan fingerprint density at radius 1 is 1.12 bits per heavy atom. The summed E-state index contributed by atoms with van der Waals surface area (Å²) in [5.41, 5.74) is 2.03. The maximum atomic E-state index is 12.7. The first kappa shape index (κ1) is 15.1. The highest BCUT2D eigenvalue weighted by atomic mass is 16.2. The van der Waals surface area contributed by atoms with Gasteiger partial charge in [-0.2, -0.15) is 0 Å². The molecule has 5 nitrogen and oxygen atoms in total. The number of piperidine rings is 1. The van der Waals surface area contributed by atoms with Crippen LogP contribution in [0.1, 0.15) is 29.9 Å². The summed E-state index contributed by atoms with van der Waals surface area (Å²) in [6.45, 7) is 4.37. The van der Waals surface area contributed by atoms with E-state index in [0.29, 0.717) is 0 Å². The minimum Gasteiger partial charge on any atom is -0.355 e. The molecule has 5 heteroatoms. The van der Waals surface area contributed by atoms with Crippen molar-refractivity contribution in [2.24, 2.45) is 5.41 Å². The second-order valence-electron chi connectivity index (χ2n) is 6.88. The van der Waals surface area contributed by atoms with Crippen LogP contribution in [0.5, 0.6) is 0 Å². The Morgan fingerprint density at radius 2 is 1.79 bits per heavy atom. The molecule has 1 unspecified atom stereocenters. The molecule has 124 valence electrons. The Morgan fingerprint density at radius 3 is 2.46 bits per heavy atom. The van der Waals surface area contributed by atoms with Crippen molar-refractivity contribution in [2.45, 2.75) is 25.7 Å². The fraction of sp³-hybridized carbons (Fsp3) is 0.421. The molecule has 1 aromatic heterocycles. The Kier molecular flexibility index (Phi) is 3.71. The molecule has 1 amide bonds. The first-order valence-electron chi connectivity index (χ1n) is 8.56. The number of hydrogen-bond donors (Lipinski definition) is 1. The molecule has 1 aromatic carbocycles. The number of hydrogen-bond acceptors (Lipinski definition) is 4. The summed E-state index contributed by atoms with van der Waals surface area (Å²) >= 11 is 0. The quantitative estimate of drug-likeness (QED) is 0.921. The van der Waals surface area contributed by atoms with Crippen molar-refractivity contribution in [3.8, 4) is 0 Å². The summed E-state index contributed by atoms with van der Waals surface area (Å²) in [4.78, 5) is 23.7. The number of benzene rings is 1. The van der Waals surface area contributed by atoms with Gasteiger partial charge in [-0.3, -0.25) is 4.79 Å². The predicted octanol–water partition coefficient (Wildman–Crippen LogP) is 2.29. The molecule has 2 fully saturated rings. The van der Waals surface area contributed by atoms with Crippen molar-refractivity contribution in [1.82, 2.24) is 15.3 Å². The lowest BCUT2D eigenvalue weighted by Crippen LogP contribution is -2.46. The van der Waals surface area contributed by atoms with Gasteiger partial charge in [-0.25, -0.2) is 9.97 Å². The summed E-state index contributed by atoms with van der Waals surface area (Å²) in [6.07, 6.45) is 5.38. The number of carbonyl (C=O) groups is 1. The van der Waals surface area contributed by atoms with Crippen LogP contribution < -0.4 is 10.2 Å². The van der Waals surface area contributed by atoms with Crippen molar-refractivity contribution in [1.29, 1.82) is 0 Å². The van der Waals surface area contributed by atoms with Crippen LogP contribution in [0.4, 0.5) is 5.95 Å². The van der Waals surface area contributed by atoms with Gasteiger partial charge in [-0.15, -0.1) is 0 Å². The maximum Gasteiger partial charge on any atom is 0.227 e. The van der Waals surface area contributed by atoms with Crippen LogP contribution in [-0.4, -0.2) is 35.5 Å². The van der Waals surface area contributed by atoms with Gasteiger partial charge in [0, 0.05) is 37.9 Å². The topological polar surface area (TPSA) is 58.1 Å². The van der Waals surface area contributed by atoms with E-state index in [4.69, 9.17) is 0 Å². The largest absolute Gasteiger partial charge is 0.355 e. The van der Waals surface area contributed by atoms with Gasteiger partial charge in [0.2, 0.25) is 11.9 Å². The number of amides is 1.